The van der Waals surface area contributed by atoms with Crippen LogP contribution in [0.1, 0.15) is 35.1 Å². The Hall–Kier alpha value is -3.53. The summed E-state index contributed by atoms with van der Waals surface area (Å²) in [6.07, 6.45) is 7.01. The molecule has 166 valence electrons. The number of amides is 1. The average Bonchev–Trinajstić information content (AvgIpc) is 3.48. The first-order valence-electron chi connectivity index (χ1n) is 10.5. The Morgan fingerprint density at radius 1 is 1.25 bits per heavy atom. The van der Waals surface area contributed by atoms with Gasteiger partial charge in [0.25, 0.3) is 5.91 Å². The van der Waals surface area contributed by atoms with E-state index >= 15 is 4.39 Å². The molecule has 3 aromatic heterocycles. The molecule has 1 amide bonds. The molecule has 4 heterocycles. The van der Waals surface area contributed by atoms with Gasteiger partial charge in [-0.1, -0.05) is 0 Å². The molecule has 0 unspecified atom stereocenters. The summed E-state index contributed by atoms with van der Waals surface area (Å²) < 4.78 is 23.7. The van der Waals surface area contributed by atoms with Crippen molar-refractivity contribution in [3.63, 3.8) is 0 Å². The van der Waals surface area contributed by atoms with Crippen LogP contribution in [0.15, 0.2) is 35.2 Å². The highest BCUT2D eigenvalue weighted by atomic mass is 19.1. The van der Waals surface area contributed by atoms with Crippen molar-refractivity contribution in [3.05, 3.63) is 48.0 Å². The van der Waals surface area contributed by atoms with E-state index in [1.54, 1.807) is 26.2 Å². The van der Waals surface area contributed by atoms with Crippen molar-refractivity contribution >= 4 is 22.8 Å². The van der Waals surface area contributed by atoms with Crippen LogP contribution in [-0.2, 0) is 7.05 Å². The second-order valence-corrected chi connectivity index (χ2v) is 8.31. The summed E-state index contributed by atoms with van der Waals surface area (Å²) in [4.78, 5) is 19.2. The zero-order valence-electron chi connectivity index (χ0n) is 18.2. The van der Waals surface area contributed by atoms with Gasteiger partial charge in [0.1, 0.15) is 12.1 Å². The topological polar surface area (TPSA) is 94.0 Å². The molecule has 1 fully saturated rings. The number of carbonyl (C=O) groups excluding carboxylic acids is 1. The van der Waals surface area contributed by atoms with Gasteiger partial charge in [-0.05, 0) is 46.0 Å². The highest BCUT2D eigenvalue weighted by molar-refractivity contribution is 6.11. The van der Waals surface area contributed by atoms with Crippen molar-refractivity contribution in [1.82, 2.24) is 29.4 Å². The minimum atomic E-state index is -0.475. The summed E-state index contributed by atoms with van der Waals surface area (Å²) in [6, 6.07) is 3.45. The number of carbonyl (C=O) groups is 1. The number of nitrogens with zero attached hydrogens (tertiary/aromatic N) is 6. The molecule has 1 N–H and O–H groups in total. The Kier molecular flexibility index (Phi) is 5.01. The molecule has 0 atom stereocenters. The van der Waals surface area contributed by atoms with Crippen molar-refractivity contribution in [3.8, 4) is 11.1 Å². The fraction of sp³-hybridized carbons (Fsp3) is 0.364. The Labute approximate surface area is 183 Å². The monoisotopic (exact) mass is 437 g/mol. The second-order valence-electron chi connectivity index (χ2n) is 8.31. The Bertz CT molecular complexity index is 1300. The summed E-state index contributed by atoms with van der Waals surface area (Å²) in [5.74, 6) is -0.865. The maximum absolute atomic E-state index is 15.0. The fourth-order valence-electron chi connectivity index (χ4n) is 4.17. The first kappa shape index (κ1) is 20.4. The van der Waals surface area contributed by atoms with Crippen molar-refractivity contribution in [1.29, 1.82) is 0 Å². The van der Waals surface area contributed by atoms with Gasteiger partial charge in [0.2, 0.25) is 0 Å². The van der Waals surface area contributed by atoms with E-state index in [2.05, 4.69) is 32.4 Å². The minimum Gasteiger partial charge on any atom is -0.432 e. The maximum Gasteiger partial charge on any atom is 0.301 e. The lowest BCUT2D eigenvalue weighted by Crippen LogP contribution is -2.31. The van der Waals surface area contributed by atoms with Crippen molar-refractivity contribution in [2.75, 3.05) is 25.5 Å². The van der Waals surface area contributed by atoms with Crippen LogP contribution >= 0.6 is 0 Å². The number of aromatic nitrogens is 5. The van der Waals surface area contributed by atoms with Crippen LogP contribution < -0.4 is 5.32 Å². The van der Waals surface area contributed by atoms with E-state index in [9.17, 15) is 4.79 Å². The number of piperidine rings is 1. The van der Waals surface area contributed by atoms with Crippen LogP contribution in [-0.4, -0.2) is 55.5 Å². The third kappa shape index (κ3) is 3.66. The number of nitrogens with one attached hydrogen (secondary N) is 1. The first-order chi connectivity index (χ1) is 15.4. The predicted octanol–water partition coefficient (Wildman–Crippen LogP) is 3.39. The largest absolute Gasteiger partial charge is 0.432 e. The highest BCUT2D eigenvalue weighted by Crippen LogP contribution is 2.31. The first-order valence-corrected chi connectivity index (χ1v) is 10.5. The number of oxazole rings is 1. The van der Waals surface area contributed by atoms with E-state index in [4.69, 9.17) is 4.42 Å². The third-order valence-corrected chi connectivity index (χ3v) is 5.97. The number of benzene rings is 1. The predicted molar refractivity (Wildman–Crippen MR) is 117 cm³/mol. The molecule has 1 saturated heterocycles. The molecule has 10 heteroatoms. The maximum atomic E-state index is 15.0. The van der Waals surface area contributed by atoms with Gasteiger partial charge in [-0.15, -0.1) is 0 Å². The number of rotatable bonds is 4. The Morgan fingerprint density at radius 2 is 2.03 bits per heavy atom. The molecule has 5 rings (SSSR count). The van der Waals surface area contributed by atoms with Gasteiger partial charge >= 0.3 is 6.01 Å². The molecule has 1 aromatic carbocycles. The van der Waals surface area contributed by atoms with Gasteiger partial charge in [0.05, 0.1) is 23.4 Å². The molecule has 1 aliphatic rings. The molecule has 32 heavy (non-hydrogen) atoms. The van der Waals surface area contributed by atoms with Crippen molar-refractivity contribution < 1.29 is 13.6 Å². The fourth-order valence-corrected chi connectivity index (χ4v) is 4.17. The molecule has 9 nitrogen and oxygen atoms in total. The summed E-state index contributed by atoms with van der Waals surface area (Å²) in [5.41, 5.74) is 2.38. The molecular weight excluding hydrogens is 413 g/mol. The van der Waals surface area contributed by atoms with Crippen LogP contribution in [0.3, 0.4) is 0 Å². The smallest absolute Gasteiger partial charge is 0.301 e. The number of hydrogen-bond acceptors (Lipinski definition) is 6. The highest BCUT2D eigenvalue weighted by Gasteiger charge is 2.23. The summed E-state index contributed by atoms with van der Waals surface area (Å²) in [5, 5.41) is 11.9. The lowest BCUT2D eigenvalue weighted by molar-refractivity contribution is 0.102. The van der Waals surface area contributed by atoms with E-state index in [1.165, 1.54) is 17.0 Å². The molecule has 0 radical (unpaired) electrons. The lowest BCUT2D eigenvalue weighted by atomic mass is 10.0. The molecule has 0 spiro atoms. The molecule has 0 bridgehead atoms. The standard InChI is InChI=1S/C22H24FN7O2/c1-13-12-32-22(25-13)26-21(31)20-17-8-16(18(23)9-19(17)29(3)27-20)14-10-24-30(11-14)15-4-6-28(2)7-5-15/h8-12,15H,4-7H2,1-3H3,(H,25,26,31). The number of hydrogen-bond donors (Lipinski definition) is 1. The Morgan fingerprint density at radius 3 is 2.75 bits per heavy atom. The number of halogens is 1. The molecule has 0 aliphatic carbocycles. The van der Waals surface area contributed by atoms with E-state index in [0.717, 1.165) is 25.9 Å². The number of aryl methyl sites for hydroxylation is 2. The molecule has 1 aliphatic heterocycles. The Balaban J connectivity index is 1.49. The van der Waals surface area contributed by atoms with E-state index in [0.29, 0.717) is 33.8 Å². The zero-order chi connectivity index (χ0) is 22.4. The lowest BCUT2D eigenvalue weighted by Gasteiger charge is -2.28. The van der Waals surface area contributed by atoms with E-state index in [1.807, 2.05) is 10.9 Å². The summed E-state index contributed by atoms with van der Waals surface area (Å²) in [7, 11) is 3.78. The second kappa shape index (κ2) is 7.86. The molecule has 4 aromatic rings. The van der Waals surface area contributed by atoms with Gasteiger partial charge in [-0.2, -0.15) is 15.2 Å². The number of anilines is 1. The normalized spacial score (nSPS) is 15.5. The molecular formula is C22H24FN7O2. The van der Waals surface area contributed by atoms with E-state index < -0.39 is 11.7 Å². The summed E-state index contributed by atoms with van der Waals surface area (Å²) in [6.45, 7) is 3.78. The van der Waals surface area contributed by atoms with Crippen LogP contribution in [0.2, 0.25) is 0 Å². The average molecular weight is 437 g/mol. The zero-order valence-corrected chi connectivity index (χ0v) is 18.2. The minimum absolute atomic E-state index is 0.0908. The number of fused-ring (bicyclic) bond motifs is 1. The van der Waals surface area contributed by atoms with Gasteiger partial charge in [0, 0.05) is 35.8 Å². The van der Waals surface area contributed by atoms with Crippen LogP contribution in [0.5, 0.6) is 0 Å². The SMILES string of the molecule is Cc1coc(NC(=O)c2nn(C)c3cc(F)c(-c4cnn(C5CCN(C)CC5)c4)cc23)n1. The van der Waals surface area contributed by atoms with Crippen molar-refractivity contribution in [2.45, 2.75) is 25.8 Å². The summed E-state index contributed by atoms with van der Waals surface area (Å²) >= 11 is 0. The van der Waals surface area contributed by atoms with Gasteiger partial charge in [0.15, 0.2) is 5.69 Å². The van der Waals surface area contributed by atoms with Gasteiger partial charge in [-0.25, -0.2) is 4.39 Å². The van der Waals surface area contributed by atoms with Crippen molar-refractivity contribution in [2.24, 2.45) is 7.05 Å². The third-order valence-electron chi connectivity index (χ3n) is 5.97. The van der Waals surface area contributed by atoms with E-state index in [-0.39, 0.29) is 11.7 Å². The van der Waals surface area contributed by atoms with Gasteiger partial charge in [-0.3, -0.25) is 19.5 Å². The quantitative estimate of drug-likeness (QED) is 0.526. The van der Waals surface area contributed by atoms with Crippen LogP contribution in [0, 0.1) is 12.7 Å². The van der Waals surface area contributed by atoms with Gasteiger partial charge < -0.3 is 9.32 Å². The van der Waals surface area contributed by atoms with Crippen LogP contribution in [0.25, 0.3) is 22.0 Å². The molecule has 0 saturated carbocycles. The van der Waals surface area contributed by atoms with Crippen LogP contribution in [0.4, 0.5) is 10.4 Å². The number of likely N-dealkylation sites (tertiary alicyclic amines) is 1.